The molecule has 3 rings (SSSR count). The zero-order chi connectivity index (χ0) is 14.8. The van der Waals surface area contributed by atoms with Gasteiger partial charge in [0, 0.05) is 24.2 Å². The largest absolute Gasteiger partial charge is 0.497 e. The Morgan fingerprint density at radius 1 is 1.19 bits per heavy atom. The summed E-state index contributed by atoms with van der Waals surface area (Å²) < 4.78 is 5.27. The second-order valence-corrected chi connectivity index (χ2v) is 6.54. The Hall–Kier alpha value is -1.06. The van der Waals surface area contributed by atoms with Crippen LogP contribution in [-0.2, 0) is 0 Å². The number of nitrogens with one attached hydrogen (secondary N) is 1. The highest BCUT2D eigenvalue weighted by atomic mass is 16.5. The molecular weight excluding hydrogens is 260 g/mol. The number of fused-ring (bicyclic) bond motifs is 2. The van der Waals surface area contributed by atoms with Crippen molar-refractivity contribution in [1.29, 1.82) is 0 Å². The summed E-state index contributed by atoms with van der Waals surface area (Å²) in [5.41, 5.74) is 1.39. The lowest BCUT2D eigenvalue weighted by atomic mass is 9.95. The Kier molecular flexibility index (Phi) is 4.51. The molecule has 3 heteroatoms. The van der Waals surface area contributed by atoms with Crippen molar-refractivity contribution < 1.29 is 4.74 Å². The smallest absolute Gasteiger partial charge is 0.118 e. The zero-order valence-electron chi connectivity index (χ0n) is 13.5. The van der Waals surface area contributed by atoms with E-state index in [1.165, 1.54) is 31.2 Å². The number of benzene rings is 1. The summed E-state index contributed by atoms with van der Waals surface area (Å²) in [6.07, 6.45) is 5.36. The van der Waals surface area contributed by atoms with Crippen molar-refractivity contribution in [2.75, 3.05) is 13.7 Å². The van der Waals surface area contributed by atoms with Crippen LogP contribution in [-0.4, -0.2) is 36.7 Å². The molecule has 0 aliphatic carbocycles. The minimum Gasteiger partial charge on any atom is -0.497 e. The first-order valence-electron chi connectivity index (χ1n) is 8.37. The maximum absolute atomic E-state index is 5.27. The van der Waals surface area contributed by atoms with E-state index in [0.717, 1.165) is 30.4 Å². The normalized spacial score (nSPS) is 29.6. The molecule has 1 N–H and O–H groups in total. The van der Waals surface area contributed by atoms with Crippen LogP contribution in [0.1, 0.15) is 51.1 Å². The molecule has 0 saturated carbocycles. The van der Waals surface area contributed by atoms with Crippen LogP contribution in [0.25, 0.3) is 0 Å². The summed E-state index contributed by atoms with van der Waals surface area (Å²) in [7, 11) is 1.72. The highest BCUT2D eigenvalue weighted by Crippen LogP contribution is 2.34. The molecule has 1 aromatic rings. The molecule has 0 spiro atoms. The van der Waals surface area contributed by atoms with E-state index in [2.05, 4.69) is 48.3 Å². The van der Waals surface area contributed by atoms with E-state index in [4.69, 9.17) is 4.74 Å². The first-order chi connectivity index (χ1) is 10.2. The maximum Gasteiger partial charge on any atom is 0.118 e. The van der Waals surface area contributed by atoms with Crippen molar-refractivity contribution in [2.45, 2.75) is 63.7 Å². The fourth-order valence-electron chi connectivity index (χ4n) is 4.22. The molecular formula is C18H28N2O. The molecule has 2 saturated heterocycles. The van der Waals surface area contributed by atoms with Crippen molar-refractivity contribution >= 4 is 0 Å². The lowest BCUT2D eigenvalue weighted by Crippen LogP contribution is -2.48. The van der Waals surface area contributed by atoms with E-state index >= 15 is 0 Å². The number of nitrogens with zero attached hydrogens (tertiary/aromatic N) is 1. The minimum atomic E-state index is 0.475. The third kappa shape index (κ3) is 3.09. The van der Waals surface area contributed by atoms with Crippen LogP contribution < -0.4 is 10.1 Å². The number of ether oxygens (including phenoxy) is 1. The van der Waals surface area contributed by atoms with Crippen molar-refractivity contribution in [1.82, 2.24) is 10.2 Å². The van der Waals surface area contributed by atoms with Crippen LogP contribution >= 0.6 is 0 Å². The fraction of sp³-hybridized carbons (Fsp3) is 0.667. The van der Waals surface area contributed by atoms with E-state index < -0.39 is 0 Å². The Morgan fingerprint density at radius 3 is 2.33 bits per heavy atom. The van der Waals surface area contributed by atoms with Gasteiger partial charge in [-0.2, -0.15) is 0 Å². The van der Waals surface area contributed by atoms with Gasteiger partial charge >= 0.3 is 0 Å². The van der Waals surface area contributed by atoms with Gasteiger partial charge in [-0.15, -0.1) is 0 Å². The second kappa shape index (κ2) is 6.37. The van der Waals surface area contributed by atoms with E-state index in [-0.39, 0.29) is 0 Å². The van der Waals surface area contributed by atoms with Gasteiger partial charge in [-0.3, -0.25) is 4.90 Å². The number of rotatable bonds is 5. The Balaban J connectivity index is 1.72. The molecule has 2 aliphatic rings. The standard InChI is InChI=1S/C18H28N2O/c1-4-20(17-11-15-7-8-16(12-17)19-15)13(2)14-5-9-18(21-3)10-6-14/h5-6,9-10,13,15-17,19H,4,7-8,11-12H2,1-3H3. The average molecular weight is 288 g/mol. The molecule has 0 aromatic heterocycles. The lowest BCUT2D eigenvalue weighted by molar-refractivity contribution is 0.108. The Bertz CT molecular complexity index is 447. The van der Waals surface area contributed by atoms with Crippen LogP contribution in [0.3, 0.4) is 0 Å². The minimum absolute atomic E-state index is 0.475. The second-order valence-electron chi connectivity index (χ2n) is 6.54. The van der Waals surface area contributed by atoms with E-state index in [1.54, 1.807) is 7.11 Å². The molecule has 2 heterocycles. The SMILES string of the molecule is CCN(C1CC2CCC(C1)N2)C(C)c1ccc(OC)cc1. The van der Waals surface area contributed by atoms with Crippen LogP contribution in [0.15, 0.2) is 24.3 Å². The van der Waals surface area contributed by atoms with E-state index in [0.29, 0.717) is 6.04 Å². The van der Waals surface area contributed by atoms with Crippen LogP contribution in [0, 0.1) is 0 Å². The average Bonchev–Trinajstić information content (AvgIpc) is 2.86. The van der Waals surface area contributed by atoms with Crippen LogP contribution in [0.4, 0.5) is 0 Å². The van der Waals surface area contributed by atoms with E-state index in [1.807, 2.05) is 0 Å². The molecule has 2 bridgehead atoms. The summed E-state index contributed by atoms with van der Waals surface area (Å²) in [5.74, 6) is 0.939. The first-order valence-corrected chi connectivity index (χ1v) is 8.37. The first kappa shape index (κ1) is 14.9. The Morgan fingerprint density at radius 2 is 1.81 bits per heavy atom. The van der Waals surface area contributed by atoms with Crippen molar-refractivity contribution in [2.24, 2.45) is 0 Å². The van der Waals surface area contributed by atoms with Crippen LogP contribution in [0.2, 0.25) is 0 Å². The fourth-order valence-corrected chi connectivity index (χ4v) is 4.22. The molecule has 21 heavy (non-hydrogen) atoms. The summed E-state index contributed by atoms with van der Waals surface area (Å²) in [4.78, 5) is 2.69. The maximum atomic E-state index is 5.27. The third-order valence-corrected chi connectivity index (χ3v) is 5.38. The monoisotopic (exact) mass is 288 g/mol. The van der Waals surface area contributed by atoms with Gasteiger partial charge in [-0.1, -0.05) is 19.1 Å². The summed E-state index contributed by atoms with van der Waals surface area (Å²) in [6, 6.07) is 11.3. The van der Waals surface area contributed by atoms with Crippen molar-refractivity contribution in [3.63, 3.8) is 0 Å². The predicted molar refractivity (Wildman–Crippen MR) is 86.8 cm³/mol. The predicted octanol–water partition coefficient (Wildman–Crippen LogP) is 3.36. The molecule has 3 atom stereocenters. The summed E-state index contributed by atoms with van der Waals surface area (Å²) >= 11 is 0. The number of hydrogen-bond acceptors (Lipinski definition) is 3. The topological polar surface area (TPSA) is 24.5 Å². The molecule has 3 nitrogen and oxygen atoms in total. The Labute approximate surface area is 128 Å². The van der Waals surface area contributed by atoms with Gasteiger partial charge in [0.05, 0.1) is 7.11 Å². The van der Waals surface area contributed by atoms with Gasteiger partial charge in [0.2, 0.25) is 0 Å². The highest BCUT2D eigenvalue weighted by molar-refractivity contribution is 5.29. The molecule has 116 valence electrons. The zero-order valence-corrected chi connectivity index (χ0v) is 13.5. The number of piperidine rings is 1. The number of methoxy groups -OCH3 is 1. The van der Waals surface area contributed by atoms with Gasteiger partial charge in [0.1, 0.15) is 5.75 Å². The summed E-state index contributed by atoms with van der Waals surface area (Å²) in [5, 5.41) is 3.75. The van der Waals surface area contributed by atoms with Gasteiger partial charge < -0.3 is 10.1 Å². The van der Waals surface area contributed by atoms with Crippen molar-refractivity contribution in [3.05, 3.63) is 29.8 Å². The quantitative estimate of drug-likeness (QED) is 0.899. The van der Waals surface area contributed by atoms with Gasteiger partial charge in [0.15, 0.2) is 0 Å². The highest BCUT2D eigenvalue weighted by Gasteiger charge is 2.36. The molecule has 0 amide bonds. The molecule has 0 radical (unpaired) electrons. The van der Waals surface area contributed by atoms with Gasteiger partial charge in [-0.05, 0) is 56.8 Å². The van der Waals surface area contributed by atoms with Gasteiger partial charge in [-0.25, -0.2) is 0 Å². The third-order valence-electron chi connectivity index (χ3n) is 5.38. The van der Waals surface area contributed by atoms with Crippen LogP contribution in [0.5, 0.6) is 5.75 Å². The molecule has 2 aliphatic heterocycles. The van der Waals surface area contributed by atoms with Crippen molar-refractivity contribution in [3.8, 4) is 5.75 Å². The van der Waals surface area contributed by atoms with Gasteiger partial charge in [0.25, 0.3) is 0 Å². The van der Waals surface area contributed by atoms with E-state index in [9.17, 15) is 0 Å². The molecule has 2 fully saturated rings. The molecule has 1 aromatic carbocycles. The molecule has 3 unspecified atom stereocenters. The summed E-state index contributed by atoms with van der Waals surface area (Å²) in [6.45, 7) is 5.76. The number of hydrogen-bond donors (Lipinski definition) is 1. The lowest BCUT2D eigenvalue weighted by Gasteiger charge is -2.40.